The molecule has 0 radical (unpaired) electrons. The molecular weight excluding hydrogens is 344 g/mol. The number of aliphatic carboxylic acids is 1. The number of carboxylic acid groups (broad SMARTS) is 1. The zero-order valence-corrected chi connectivity index (χ0v) is 13.4. The molecule has 0 amide bonds. The van der Waals surface area contributed by atoms with Crippen molar-refractivity contribution >= 4 is 53.7 Å². The molecule has 0 unspecified atom stereocenters. The summed E-state index contributed by atoms with van der Waals surface area (Å²) in [5, 5.41) is 9.65. The van der Waals surface area contributed by atoms with Crippen LogP contribution in [0.2, 0.25) is 0 Å². The molecule has 0 fully saturated rings. The first-order chi connectivity index (χ1) is 11.2. The normalized spacial score (nSPS) is 11.3. The van der Waals surface area contributed by atoms with Crippen LogP contribution in [0.4, 0.5) is 0 Å². The van der Waals surface area contributed by atoms with Gasteiger partial charge in [-0.25, -0.2) is 0 Å². The van der Waals surface area contributed by atoms with Crippen molar-refractivity contribution in [3.05, 3.63) is 91.0 Å². The van der Waals surface area contributed by atoms with E-state index in [1.54, 1.807) is 0 Å². The SMILES string of the molecule is O=C(O)CS(c1ccccc1)(c1ccccc1)c1ccccc1.[CaH2]. The second-order valence-electron chi connectivity index (χ2n) is 5.22. The molecule has 120 valence electrons. The van der Waals surface area contributed by atoms with E-state index in [1.165, 1.54) is 0 Å². The van der Waals surface area contributed by atoms with E-state index in [4.69, 9.17) is 0 Å². The quantitative estimate of drug-likeness (QED) is 0.691. The van der Waals surface area contributed by atoms with Crippen molar-refractivity contribution in [3.8, 4) is 0 Å². The molecule has 0 saturated carbocycles. The first kappa shape index (κ1) is 19.1. The predicted molar refractivity (Wildman–Crippen MR) is 103 cm³/mol. The zero-order chi connectivity index (χ0) is 16.1. The van der Waals surface area contributed by atoms with E-state index in [1.807, 2.05) is 91.0 Å². The van der Waals surface area contributed by atoms with E-state index in [9.17, 15) is 9.90 Å². The van der Waals surface area contributed by atoms with Crippen LogP contribution >= 0.6 is 10.0 Å². The summed E-state index contributed by atoms with van der Waals surface area (Å²) in [5.41, 5.74) is 0. The average molecular weight is 365 g/mol. The van der Waals surface area contributed by atoms with Crippen LogP contribution in [0, 0.1) is 0 Å². The van der Waals surface area contributed by atoms with Gasteiger partial charge in [-0.05, 0) is 51.1 Å². The van der Waals surface area contributed by atoms with Gasteiger partial charge in [0.1, 0.15) is 0 Å². The van der Waals surface area contributed by atoms with Gasteiger partial charge in [0.25, 0.3) is 0 Å². The molecule has 3 aromatic carbocycles. The summed E-state index contributed by atoms with van der Waals surface area (Å²) in [7, 11) is -1.83. The van der Waals surface area contributed by atoms with Crippen LogP contribution in [0.25, 0.3) is 0 Å². The number of hydrogen-bond donors (Lipinski definition) is 1. The van der Waals surface area contributed by atoms with Crippen molar-refractivity contribution < 1.29 is 9.90 Å². The van der Waals surface area contributed by atoms with Crippen LogP contribution in [0.15, 0.2) is 106 Å². The Hall–Kier alpha value is -1.26. The summed E-state index contributed by atoms with van der Waals surface area (Å²) < 4.78 is 0. The number of benzene rings is 3. The van der Waals surface area contributed by atoms with Crippen LogP contribution in [-0.2, 0) is 4.79 Å². The molecule has 24 heavy (non-hydrogen) atoms. The Morgan fingerprint density at radius 1 is 0.667 bits per heavy atom. The van der Waals surface area contributed by atoms with E-state index in [0.29, 0.717) is 0 Å². The summed E-state index contributed by atoms with van der Waals surface area (Å²) in [4.78, 5) is 15.0. The fourth-order valence-electron chi connectivity index (χ4n) is 2.80. The Labute approximate surface area is 173 Å². The third-order valence-electron chi connectivity index (χ3n) is 3.78. The molecule has 0 aliphatic rings. The Balaban J connectivity index is 0.00000208. The molecule has 0 aromatic heterocycles. The fourth-order valence-corrected chi connectivity index (χ4v) is 6.35. The molecule has 0 atom stereocenters. The number of carboxylic acids is 1. The van der Waals surface area contributed by atoms with Crippen molar-refractivity contribution in [2.75, 3.05) is 5.75 Å². The molecular formula is C20H20CaO2S. The van der Waals surface area contributed by atoms with Gasteiger partial charge in [0.2, 0.25) is 0 Å². The van der Waals surface area contributed by atoms with Gasteiger partial charge < -0.3 is 5.11 Å². The Kier molecular flexibility index (Phi) is 6.93. The maximum absolute atomic E-state index is 11.8. The zero-order valence-electron chi connectivity index (χ0n) is 12.6. The molecule has 0 spiro atoms. The molecule has 4 heteroatoms. The summed E-state index contributed by atoms with van der Waals surface area (Å²) in [6.07, 6.45) is 0. The third-order valence-corrected chi connectivity index (χ3v) is 7.69. The standard InChI is InChI=1S/C20H18O2S.Ca.2H/c21-20(22)16-23(17-10-4-1-5-11-17,18-12-6-2-7-13-18)19-14-8-3-9-15-19;;;/h1-15H,16H2,(H,21,22);;;. The summed E-state index contributed by atoms with van der Waals surface area (Å²) in [6.45, 7) is 0. The number of carbonyl (C=O) groups is 1. The fraction of sp³-hybridized carbons (Fsp3) is 0.0500. The molecule has 0 heterocycles. The molecule has 1 N–H and O–H groups in total. The maximum atomic E-state index is 11.8. The number of hydrogen-bond acceptors (Lipinski definition) is 1. The van der Waals surface area contributed by atoms with Crippen molar-refractivity contribution in [2.45, 2.75) is 14.7 Å². The van der Waals surface area contributed by atoms with Gasteiger partial charge in [-0.3, -0.25) is 4.79 Å². The van der Waals surface area contributed by atoms with Crippen molar-refractivity contribution in [3.63, 3.8) is 0 Å². The minimum absolute atomic E-state index is 0. The second kappa shape index (κ2) is 8.72. The van der Waals surface area contributed by atoms with Gasteiger partial charge in [0.05, 0.1) is 5.75 Å². The van der Waals surface area contributed by atoms with Crippen LogP contribution < -0.4 is 0 Å². The Morgan fingerprint density at radius 2 is 0.958 bits per heavy atom. The monoisotopic (exact) mass is 364 g/mol. The topological polar surface area (TPSA) is 37.3 Å². The number of rotatable bonds is 5. The first-order valence-electron chi connectivity index (χ1n) is 7.41. The van der Waals surface area contributed by atoms with E-state index in [2.05, 4.69) is 0 Å². The molecule has 3 aromatic rings. The van der Waals surface area contributed by atoms with E-state index in [0.717, 1.165) is 14.7 Å². The van der Waals surface area contributed by atoms with E-state index >= 15 is 0 Å². The molecule has 0 aliphatic carbocycles. The first-order valence-corrected chi connectivity index (χ1v) is 9.22. The molecule has 3 rings (SSSR count). The Morgan fingerprint density at radius 3 is 1.21 bits per heavy atom. The average Bonchev–Trinajstić information content (AvgIpc) is 2.62. The summed E-state index contributed by atoms with van der Waals surface area (Å²) in [6, 6.07) is 30.0. The van der Waals surface area contributed by atoms with Crippen molar-refractivity contribution in [1.82, 2.24) is 0 Å². The molecule has 0 aliphatic heterocycles. The van der Waals surface area contributed by atoms with Gasteiger partial charge in [0, 0.05) is 0 Å². The summed E-state index contributed by atoms with van der Waals surface area (Å²) >= 11 is 0. The molecule has 0 saturated heterocycles. The van der Waals surface area contributed by atoms with Gasteiger partial charge in [0.15, 0.2) is 0 Å². The molecule has 0 bridgehead atoms. The van der Waals surface area contributed by atoms with Crippen LogP contribution in [0.5, 0.6) is 0 Å². The molecule has 2 nitrogen and oxygen atoms in total. The van der Waals surface area contributed by atoms with Crippen LogP contribution in [0.3, 0.4) is 0 Å². The summed E-state index contributed by atoms with van der Waals surface area (Å²) in [5.74, 6) is -0.693. The second-order valence-corrected chi connectivity index (χ2v) is 8.40. The van der Waals surface area contributed by atoms with E-state index < -0.39 is 16.0 Å². The van der Waals surface area contributed by atoms with Crippen LogP contribution in [0.1, 0.15) is 0 Å². The Bertz CT molecular complexity index is 680. The van der Waals surface area contributed by atoms with Gasteiger partial charge in [-0.15, -0.1) is 10.0 Å². The van der Waals surface area contributed by atoms with E-state index in [-0.39, 0.29) is 43.5 Å². The van der Waals surface area contributed by atoms with Crippen molar-refractivity contribution in [2.24, 2.45) is 0 Å². The van der Waals surface area contributed by atoms with Crippen LogP contribution in [-0.4, -0.2) is 54.6 Å². The predicted octanol–water partition coefficient (Wildman–Crippen LogP) is 4.14. The van der Waals surface area contributed by atoms with Crippen molar-refractivity contribution in [1.29, 1.82) is 0 Å². The van der Waals surface area contributed by atoms with Gasteiger partial charge >= 0.3 is 43.7 Å². The van der Waals surface area contributed by atoms with Gasteiger partial charge in [-0.2, -0.15) is 0 Å². The van der Waals surface area contributed by atoms with Gasteiger partial charge in [-0.1, -0.05) is 54.6 Å². The minimum atomic E-state index is -1.83. The third kappa shape index (κ3) is 3.86.